The second kappa shape index (κ2) is 9.36. The van der Waals surface area contributed by atoms with Crippen molar-refractivity contribution < 1.29 is 17.6 Å². The number of nitrogens with one attached hydrogen (secondary N) is 2. The van der Waals surface area contributed by atoms with Gasteiger partial charge in [-0.1, -0.05) is 19.3 Å². The Morgan fingerprint density at radius 2 is 1.55 bits per heavy atom. The summed E-state index contributed by atoms with van der Waals surface area (Å²) in [5.74, 6) is -1.33. The van der Waals surface area contributed by atoms with Crippen molar-refractivity contribution in [3.05, 3.63) is 53.8 Å². The first-order valence-corrected chi connectivity index (χ1v) is 12.4. The standard InChI is InChI=1S/C23H28FN3O3S/c24-21-13-8-17(16-22(21)31(29,30)27-14-4-5-15-27)23(28)26-20-11-9-19(10-12-20)25-18-6-2-1-3-7-18/h8-13,16,18,25H,1-7,14-15H2,(H,26,28). The predicted molar refractivity (Wildman–Crippen MR) is 119 cm³/mol. The van der Waals surface area contributed by atoms with E-state index in [1.54, 1.807) is 12.1 Å². The van der Waals surface area contributed by atoms with E-state index in [1.165, 1.54) is 42.5 Å². The maximum absolute atomic E-state index is 14.3. The zero-order valence-electron chi connectivity index (χ0n) is 17.4. The van der Waals surface area contributed by atoms with Crippen LogP contribution in [0.5, 0.6) is 0 Å². The van der Waals surface area contributed by atoms with Crippen LogP contribution in [0.3, 0.4) is 0 Å². The highest BCUT2D eigenvalue weighted by molar-refractivity contribution is 7.89. The third kappa shape index (κ3) is 5.07. The maximum atomic E-state index is 14.3. The molecule has 6 nitrogen and oxygen atoms in total. The molecule has 166 valence electrons. The quantitative estimate of drug-likeness (QED) is 0.681. The number of hydrogen-bond donors (Lipinski definition) is 2. The van der Waals surface area contributed by atoms with Gasteiger partial charge in [0.05, 0.1) is 0 Å². The molecule has 0 atom stereocenters. The van der Waals surface area contributed by atoms with E-state index < -0.39 is 26.6 Å². The van der Waals surface area contributed by atoms with Crippen molar-refractivity contribution in [2.45, 2.75) is 55.9 Å². The molecule has 0 unspecified atom stereocenters. The summed E-state index contributed by atoms with van der Waals surface area (Å²) in [6.45, 7) is 0.749. The first-order chi connectivity index (χ1) is 14.9. The van der Waals surface area contributed by atoms with Gasteiger partial charge in [-0.3, -0.25) is 4.79 Å². The summed E-state index contributed by atoms with van der Waals surface area (Å²) in [4.78, 5) is 12.2. The summed E-state index contributed by atoms with van der Waals surface area (Å²) in [6, 6.07) is 11.4. The number of amides is 1. The molecule has 0 bridgehead atoms. The molecule has 0 radical (unpaired) electrons. The van der Waals surface area contributed by atoms with Gasteiger partial charge in [0, 0.05) is 36.1 Å². The number of nitrogens with zero attached hydrogens (tertiary/aromatic N) is 1. The van der Waals surface area contributed by atoms with Crippen molar-refractivity contribution in [1.82, 2.24) is 4.31 Å². The number of anilines is 2. The van der Waals surface area contributed by atoms with Gasteiger partial charge in [0.15, 0.2) is 0 Å². The van der Waals surface area contributed by atoms with Crippen LogP contribution in [0, 0.1) is 5.82 Å². The second-order valence-electron chi connectivity index (χ2n) is 8.27. The summed E-state index contributed by atoms with van der Waals surface area (Å²) >= 11 is 0. The van der Waals surface area contributed by atoms with Gasteiger partial charge in [-0.2, -0.15) is 4.31 Å². The molecule has 31 heavy (non-hydrogen) atoms. The van der Waals surface area contributed by atoms with Crippen molar-refractivity contribution in [3.8, 4) is 0 Å². The molecule has 2 aromatic rings. The molecule has 2 aromatic carbocycles. The summed E-state index contributed by atoms with van der Waals surface area (Å²) in [5.41, 5.74) is 1.70. The number of halogens is 1. The molecule has 2 aliphatic rings. The van der Waals surface area contributed by atoms with Crippen LogP contribution >= 0.6 is 0 Å². The number of hydrogen-bond acceptors (Lipinski definition) is 4. The van der Waals surface area contributed by atoms with Crippen LogP contribution in [-0.2, 0) is 10.0 Å². The molecule has 1 aliphatic heterocycles. The molecule has 1 saturated carbocycles. The average Bonchev–Trinajstić information content (AvgIpc) is 3.32. The average molecular weight is 446 g/mol. The molecule has 0 spiro atoms. The van der Waals surface area contributed by atoms with Gasteiger partial charge in [0.2, 0.25) is 10.0 Å². The number of rotatable bonds is 6. The fourth-order valence-electron chi connectivity index (χ4n) is 4.25. The van der Waals surface area contributed by atoms with E-state index in [0.717, 1.165) is 30.7 Å². The third-order valence-electron chi connectivity index (χ3n) is 5.99. The second-order valence-corrected chi connectivity index (χ2v) is 10.2. The van der Waals surface area contributed by atoms with Crippen molar-refractivity contribution in [1.29, 1.82) is 0 Å². The fourth-order valence-corrected chi connectivity index (χ4v) is 5.85. The van der Waals surface area contributed by atoms with Crippen molar-refractivity contribution in [2.24, 2.45) is 0 Å². The first-order valence-electron chi connectivity index (χ1n) is 10.9. The molecule has 4 rings (SSSR count). The molecular weight excluding hydrogens is 417 g/mol. The summed E-state index contributed by atoms with van der Waals surface area (Å²) in [7, 11) is -3.95. The number of sulfonamides is 1. The molecule has 1 saturated heterocycles. The fraction of sp³-hybridized carbons (Fsp3) is 0.435. The molecule has 1 heterocycles. The van der Waals surface area contributed by atoms with Crippen LogP contribution < -0.4 is 10.6 Å². The zero-order chi connectivity index (χ0) is 21.8. The SMILES string of the molecule is O=C(Nc1ccc(NC2CCCCC2)cc1)c1ccc(F)c(S(=O)(=O)N2CCCC2)c1. The monoisotopic (exact) mass is 445 g/mol. The van der Waals surface area contributed by atoms with E-state index in [-0.39, 0.29) is 5.56 Å². The Kier molecular flexibility index (Phi) is 6.57. The smallest absolute Gasteiger partial charge is 0.255 e. The normalized spacial score (nSPS) is 18.1. The highest BCUT2D eigenvalue weighted by atomic mass is 32.2. The molecule has 1 aliphatic carbocycles. The van der Waals surface area contributed by atoms with Crippen LogP contribution in [0.25, 0.3) is 0 Å². The maximum Gasteiger partial charge on any atom is 0.255 e. The molecular formula is C23H28FN3O3S. The minimum absolute atomic E-state index is 0.101. The van der Waals surface area contributed by atoms with E-state index in [0.29, 0.717) is 24.8 Å². The van der Waals surface area contributed by atoms with Crippen LogP contribution in [0.4, 0.5) is 15.8 Å². The molecule has 2 fully saturated rings. The zero-order valence-corrected chi connectivity index (χ0v) is 18.3. The molecule has 1 amide bonds. The number of benzene rings is 2. The van der Waals surface area contributed by atoms with Gasteiger partial charge >= 0.3 is 0 Å². The van der Waals surface area contributed by atoms with Gasteiger partial charge in [-0.05, 0) is 68.1 Å². The largest absolute Gasteiger partial charge is 0.382 e. The van der Waals surface area contributed by atoms with Gasteiger partial charge in [0.25, 0.3) is 5.91 Å². The third-order valence-corrected chi connectivity index (χ3v) is 7.91. The lowest BCUT2D eigenvalue weighted by molar-refractivity contribution is 0.102. The van der Waals surface area contributed by atoms with Crippen LogP contribution in [-0.4, -0.2) is 37.8 Å². The van der Waals surface area contributed by atoms with Gasteiger partial charge < -0.3 is 10.6 Å². The van der Waals surface area contributed by atoms with Crippen molar-refractivity contribution >= 4 is 27.3 Å². The van der Waals surface area contributed by atoms with E-state index in [2.05, 4.69) is 10.6 Å². The topological polar surface area (TPSA) is 78.5 Å². The van der Waals surface area contributed by atoms with Crippen molar-refractivity contribution in [3.63, 3.8) is 0 Å². The van der Waals surface area contributed by atoms with E-state index in [1.807, 2.05) is 12.1 Å². The van der Waals surface area contributed by atoms with E-state index in [4.69, 9.17) is 0 Å². The van der Waals surface area contributed by atoms with Crippen LogP contribution in [0.1, 0.15) is 55.3 Å². The Morgan fingerprint density at radius 3 is 2.23 bits per heavy atom. The van der Waals surface area contributed by atoms with Gasteiger partial charge in [-0.15, -0.1) is 0 Å². The lowest BCUT2D eigenvalue weighted by atomic mass is 9.95. The summed E-state index contributed by atoms with van der Waals surface area (Å²) in [6.07, 6.45) is 7.65. The lowest BCUT2D eigenvalue weighted by Crippen LogP contribution is -2.29. The van der Waals surface area contributed by atoms with E-state index in [9.17, 15) is 17.6 Å². The highest BCUT2D eigenvalue weighted by Gasteiger charge is 2.30. The first kappa shape index (κ1) is 21.8. The number of carbonyl (C=O) groups excluding carboxylic acids is 1. The molecule has 0 aromatic heterocycles. The molecule has 8 heteroatoms. The Labute approximate surface area is 182 Å². The van der Waals surface area contributed by atoms with Gasteiger partial charge in [-0.25, -0.2) is 12.8 Å². The van der Waals surface area contributed by atoms with Crippen molar-refractivity contribution in [2.75, 3.05) is 23.7 Å². The highest BCUT2D eigenvalue weighted by Crippen LogP contribution is 2.25. The summed E-state index contributed by atoms with van der Waals surface area (Å²) < 4.78 is 41.0. The van der Waals surface area contributed by atoms with Crippen LogP contribution in [0.15, 0.2) is 47.4 Å². The van der Waals surface area contributed by atoms with Crippen LogP contribution in [0.2, 0.25) is 0 Å². The summed E-state index contributed by atoms with van der Waals surface area (Å²) in [5, 5.41) is 6.28. The Morgan fingerprint density at radius 1 is 0.903 bits per heavy atom. The number of carbonyl (C=O) groups is 1. The Bertz CT molecular complexity index is 1030. The van der Waals surface area contributed by atoms with E-state index >= 15 is 0 Å². The lowest BCUT2D eigenvalue weighted by Gasteiger charge is -2.23. The Hall–Kier alpha value is -2.45. The minimum Gasteiger partial charge on any atom is -0.382 e. The Balaban J connectivity index is 1.45. The molecule has 2 N–H and O–H groups in total. The predicted octanol–water partition coefficient (Wildman–Crippen LogP) is 4.61. The van der Waals surface area contributed by atoms with Gasteiger partial charge in [0.1, 0.15) is 10.7 Å². The minimum atomic E-state index is -3.95.